The lowest BCUT2D eigenvalue weighted by atomic mass is 9.91. The maximum Gasteiger partial charge on any atom is 0.333 e. The number of esters is 1. The molecule has 1 atom stereocenters. The van der Waals surface area contributed by atoms with Crippen LogP contribution in [0.2, 0.25) is 0 Å². The zero-order chi connectivity index (χ0) is 21.1. The maximum absolute atomic E-state index is 13.3. The summed E-state index contributed by atoms with van der Waals surface area (Å²) in [4.78, 5) is 42.5. The van der Waals surface area contributed by atoms with Gasteiger partial charge in [-0.25, -0.2) is 4.79 Å². The van der Waals surface area contributed by atoms with Crippen molar-refractivity contribution >= 4 is 17.6 Å². The quantitative estimate of drug-likeness (QED) is 0.455. The SMILES string of the molecule is COC(=O)C1c2ccccc2CCN1C(=O)c1cc(OC)c(ON)cc1[N+](=O)[O-]. The Morgan fingerprint density at radius 1 is 1.21 bits per heavy atom. The molecule has 2 aromatic carbocycles. The molecule has 1 unspecified atom stereocenters. The summed E-state index contributed by atoms with van der Waals surface area (Å²) < 4.78 is 10.0. The Morgan fingerprint density at radius 2 is 1.93 bits per heavy atom. The van der Waals surface area contributed by atoms with Gasteiger partial charge in [-0.1, -0.05) is 24.3 Å². The smallest absolute Gasteiger partial charge is 0.333 e. The van der Waals surface area contributed by atoms with E-state index in [2.05, 4.69) is 4.84 Å². The van der Waals surface area contributed by atoms with Gasteiger partial charge in [-0.15, -0.1) is 0 Å². The molecule has 1 aliphatic rings. The van der Waals surface area contributed by atoms with Gasteiger partial charge in [-0.3, -0.25) is 14.9 Å². The third kappa shape index (κ3) is 3.57. The number of amides is 1. The van der Waals surface area contributed by atoms with E-state index in [9.17, 15) is 19.7 Å². The summed E-state index contributed by atoms with van der Waals surface area (Å²) in [7, 11) is 2.54. The zero-order valence-corrected chi connectivity index (χ0v) is 15.8. The van der Waals surface area contributed by atoms with Crippen LogP contribution in [0.3, 0.4) is 0 Å². The first-order chi connectivity index (χ1) is 13.9. The van der Waals surface area contributed by atoms with E-state index in [1.165, 1.54) is 25.2 Å². The molecule has 1 aliphatic heterocycles. The second-order valence-corrected chi connectivity index (χ2v) is 6.27. The van der Waals surface area contributed by atoms with Crippen LogP contribution in [0, 0.1) is 10.1 Å². The molecule has 152 valence electrons. The van der Waals surface area contributed by atoms with Gasteiger partial charge >= 0.3 is 5.97 Å². The van der Waals surface area contributed by atoms with E-state index in [1.54, 1.807) is 12.1 Å². The van der Waals surface area contributed by atoms with Crippen molar-refractivity contribution in [1.82, 2.24) is 4.90 Å². The number of hydrogen-bond donors (Lipinski definition) is 1. The average molecular weight is 401 g/mol. The van der Waals surface area contributed by atoms with Crippen molar-refractivity contribution in [3.05, 3.63) is 63.2 Å². The number of nitro benzene ring substituents is 1. The van der Waals surface area contributed by atoms with Crippen molar-refractivity contribution in [2.75, 3.05) is 20.8 Å². The Labute approximate surface area is 165 Å². The number of ether oxygens (including phenoxy) is 2. The first-order valence-electron chi connectivity index (χ1n) is 8.62. The topological polar surface area (TPSA) is 134 Å². The van der Waals surface area contributed by atoms with E-state index in [0.717, 1.165) is 11.6 Å². The Hall–Kier alpha value is -3.66. The molecular weight excluding hydrogens is 382 g/mol. The molecule has 3 rings (SSSR count). The fourth-order valence-corrected chi connectivity index (χ4v) is 3.43. The summed E-state index contributed by atoms with van der Waals surface area (Å²) >= 11 is 0. The summed E-state index contributed by atoms with van der Waals surface area (Å²) in [6.07, 6.45) is 0.490. The molecule has 0 aliphatic carbocycles. The summed E-state index contributed by atoms with van der Waals surface area (Å²) in [5.41, 5.74) is 0.765. The molecular formula is C19H19N3O7. The number of methoxy groups -OCH3 is 2. The first-order valence-corrected chi connectivity index (χ1v) is 8.62. The molecule has 10 nitrogen and oxygen atoms in total. The van der Waals surface area contributed by atoms with Crippen LogP contribution in [0.4, 0.5) is 5.69 Å². The monoisotopic (exact) mass is 401 g/mol. The largest absolute Gasteiger partial charge is 0.493 e. The highest BCUT2D eigenvalue weighted by atomic mass is 16.6. The van der Waals surface area contributed by atoms with Crippen molar-refractivity contribution in [2.45, 2.75) is 12.5 Å². The van der Waals surface area contributed by atoms with Crippen molar-refractivity contribution in [2.24, 2.45) is 5.90 Å². The minimum absolute atomic E-state index is 0.0495. The van der Waals surface area contributed by atoms with Gasteiger partial charge < -0.3 is 19.2 Å². The second-order valence-electron chi connectivity index (χ2n) is 6.27. The summed E-state index contributed by atoms with van der Waals surface area (Å²) in [5.74, 6) is 3.75. The van der Waals surface area contributed by atoms with Crippen LogP contribution in [-0.4, -0.2) is 42.5 Å². The molecule has 2 aromatic rings. The number of fused-ring (bicyclic) bond motifs is 1. The van der Waals surface area contributed by atoms with Gasteiger partial charge in [0, 0.05) is 12.6 Å². The molecule has 0 saturated carbocycles. The van der Waals surface area contributed by atoms with Gasteiger partial charge in [-0.2, -0.15) is 5.90 Å². The molecule has 0 aromatic heterocycles. The predicted octanol–water partition coefficient (Wildman–Crippen LogP) is 1.77. The third-order valence-corrected chi connectivity index (χ3v) is 4.80. The molecule has 10 heteroatoms. The highest BCUT2D eigenvalue weighted by Gasteiger charge is 2.39. The van der Waals surface area contributed by atoms with Gasteiger partial charge in [0.15, 0.2) is 17.5 Å². The van der Waals surface area contributed by atoms with Gasteiger partial charge in [0.05, 0.1) is 25.2 Å². The molecule has 0 radical (unpaired) electrons. The molecule has 0 saturated heterocycles. The van der Waals surface area contributed by atoms with Crippen LogP contribution in [0.5, 0.6) is 11.5 Å². The number of carbonyl (C=O) groups excluding carboxylic acids is 2. The molecule has 1 amide bonds. The van der Waals surface area contributed by atoms with E-state index in [0.29, 0.717) is 12.0 Å². The fraction of sp³-hybridized carbons (Fsp3) is 0.263. The van der Waals surface area contributed by atoms with E-state index >= 15 is 0 Å². The van der Waals surface area contributed by atoms with E-state index in [1.807, 2.05) is 12.1 Å². The summed E-state index contributed by atoms with van der Waals surface area (Å²) in [6, 6.07) is 8.36. The fourth-order valence-electron chi connectivity index (χ4n) is 3.43. The van der Waals surface area contributed by atoms with Crippen LogP contribution in [0.25, 0.3) is 0 Å². The Balaban J connectivity index is 2.12. The van der Waals surface area contributed by atoms with Gasteiger partial charge in [-0.05, 0) is 17.5 Å². The standard InChI is InChI=1S/C19H19N3O7/c1-27-15-9-13(14(22(25)26)10-16(15)29-20)18(23)21-8-7-11-5-3-4-6-12(11)17(21)19(24)28-2/h3-6,9-10,17H,7-8,20H2,1-2H3. The molecule has 29 heavy (non-hydrogen) atoms. The molecule has 0 spiro atoms. The average Bonchev–Trinajstić information content (AvgIpc) is 2.76. The normalized spacial score (nSPS) is 15.3. The maximum atomic E-state index is 13.3. The number of nitrogens with two attached hydrogens (primary N) is 1. The van der Waals surface area contributed by atoms with Crippen LogP contribution >= 0.6 is 0 Å². The van der Waals surface area contributed by atoms with Crippen molar-refractivity contribution in [1.29, 1.82) is 0 Å². The second kappa shape index (κ2) is 8.15. The van der Waals surface area contributed by atoms with Gasteiger partial charge in [0.2, 0.25) is 0 Å². The van der Waals surface area contributed by atoms with Crippen LogP contribution in [0.15, 0.2) is 36.4 Å². The minimum Gasteiger partial charge on any atom is -0.493 e. The Morgan fingerprint density at radius 3 is 2.55 bits per heavy atom. The highest BCUT2D eigenvalue weighted by Crippen LogP contribution is 2.37. The molecule has 2 N–H and O–H groups in total. The number of nitrogens with zero attached hydrogens (tertiary/aromatic N) is 2. The first kappa shape index (κ1) is 20.1. The molecule has 0 bridgehead atoms. The summed E-state index contributed by atoms with van der Waals surface area (Å²) in [6.45, 7) is 0.185. The third-order valence-electron chi connectivity index (χ3n) is 4.80. The lowest BCUT2D eigenvalue weighted by molar-refractivity contribution is -0.385. The van der Waals surface area contributed by atoms with E-state index in [4.69, 9.17) is 15.4 Å². The van der Waals surface area contributed by atoms with Crippen LogP contribution in [0.1, 0.15) is 27.5 Å². The molecule has 0 fully saturated rings. The van der Waals surface area contributed by atoms with E-state index < -0.39 is 28.5 Å². The van der Waals surface area contributed by atoms with Crippen molar-refractivity contribution in [3.63, 3.8) is 0 Å². The number of rotatable bonds is 5. The van der Waals surface area contributed by atoms with Crippen molar-refractivity contribution < 1.29 is 28.8 Å². The zero-order valence-electron chi connectivity index (χ0n) is 15.8. The molecule has 1 heterocycles. The van der Waals surface area contributed by atoms with Gasteiger partial charge in [0.25, 0.3) is 11.6 Å². The Bertz CT molecular complexity index is 976. The minimum atomic E-state index is -1.02. The predicted molar refractivity (Wildman–Crippen MR) is 100 cm³/mol. The van der Waals surface area contributed by atoms with Crippen molar-refractivity contribution in [3.8, 4) is 11.5 Å². The van der Waals surface area contributed by atoms with Gasteiger partial charge in [0.1, 0.15) is 5.56 Å². The highest BCUT2D eigenvalue weighted by molar-refractivity contribution is 6.01. The summed E-state index contributed by atoms with van der Waals surface area (Å²) in [5, 5.41) is 11.6. The lowest BCUT2D eigenvalue weighted by Crippen LogP contribution is -2.44. The number of carbonyl (C=O) groups is 2. The Kier molecular flexibility index (Phi) is 5.64. The number of benzene rings is 2. The van der Waals surface area contributed by atoms with E-state index in [-0.39, 0.29) is 23.6 Å². The number of hydrogen-bond acceptors (Lipinski definition) is 8. The van der Waals surface area contributed by atoms with Crippen LogP contribution < -0.4 is 15.5 Å². The van der Waals surface area contributed by atoms with Crippen LogP contribution in [-0.2, 0) is 16.0 Å². The lowest BCUT2D eigenvalue weighted by Gasteiger charge is -2.35. The number of nitro groups is 1.